The fourth-order valence-corrected chi connectivity index (χ4v) is 5.75. The zero-order chi connectivity index (χ0) is 38.5. The summed E-state index contributed by atoms with van der Waals surface area (Å²) in [6.07, 6.45) is 3.17. The lowest BCUT2D eigenvalue weighted by atomic mass is 10.0. The van der Waals surface area contributed by atoms with Gasteiger partial charge in [0, 0.05) is 19.2 Å². The molecule has 0 aromatic heterocycles. The summed E-state index contributed by atoms with van der Waals surface area (Å²) in [6, 6.07) is 13.2. The number of nitrogens with zero attached hydrogens (tertiary/aromatic N) is 1. The number of likely N-dealkylation sites (N-methyl/N-ethyl adjacent to an activating group) is 1. The van der Waals surface area contributed by atoms with Crippen LogP contribution in [0.5, 0.6) is 0 Å². The van der Waals surface area contributed by atoms with Crippen LogP contribution in [0.2, 0.25) is 0 Å². The molecular weight excluding hydrogens is 687 g/mol. The Morgan fingerprint density at radius 3 is 1.65 bits per heavy atom. The third kappa shape index (κ3) is 15.4. The maximum atomic E-state index is 13.5. The van der Waals surface area contributed by atoms with Gasteiger partial charge in [-0.3, -0.25) is 28.8 Å². The summed E-state index contributed by atoms with van der Waals surface area (Å²) >= 11 is 4.28. The number of rotatable bonds is 24. The molecule has 52 heavy (non-hydrogen) atoms. The molecule has 2 rings (SSSR count). The molecule has 286 valence electrons. The van der Waals surface area contributed by atoms with Crippen LogP contribution in [0, 0.1) is 0 Å². The Hall–Kier alpha value is -4.51. The molecule has 0 aliphatic heterocycles. The molecule has 0 spiro atoms. The quantitative estimate of drug-likeness (QED) is 0.0465. The van der Waals surface area contributed by atoms with Gasteiger partial charge in [0.15, 0.2) is 0 Å². The van der Waals surface area contributed by atoms with Gasteiger partial charge in [0.25, 0.3) is 0 Å². The van der Waals surface area contributed by atoms with E-state index in [1.807, 2.05) is 36.4 Å². The highest BCUT2D eigenvalue weighted by atomic mass is 32.1. The van der Waals surface area contributed by atoms with Crippen molar-refractivity contribution in [3.63, 3.8) is 0 Å². The normalized spacial score (nSPS) is 13.8. The van der Waals surface area contributed by atoms with Crippen molar-refractivity contribution < 1.29 is 28.8 Å². The van der Waals surface area contributed by atoms with Crippen molar-refractivity contribution >= 4 is 48.1 Å². The molecule has 6 amide bonds. The molecule has 0 fully saturated rings. The SMILES string of the molecule is CN(C(=O)CNC(=O)[C@H](CCCCN)NC(=O)[C@@H](N)Cc1ccccc1)[C@@H](CS)C(=O)N[C@@H](CCCCN)C(=O)N[C@@H](Cc1ccccc1)C(N)=O. The van der Waals surface area contributed by atoms with Gasteiger partial charge in [-0.15, -0.1) is 0 Å². The fraction of sp³-hybridized carbons (Fsp3) is 0.500. The van der Waals surface area contributed by atoms with Crippen molar-refractivity contribution in [1.82, 2.24) is 26.2 Å². The molecule has 15 nitrogen and oxygen atoms in total. The summed E-state index contributed by atoms with van der Waals surface area (Å²) in [5.74, 6) is -3.84. The van der Waals surface area contributed by atoms with E-state index in [9.17, 15) is 28.8 Å². The van der Waals surface area contributed by atoms with Gasteiger partial charge in [-0.25, -0.2) is 0 Å². The number of nitrogens with one attached hydrogen (secondary N) is 4. The van der Waals surface area contributed by atoms with Crippen molar-refractivity contribution in [1.29, 1.82) is 0 Å². The van der Waals surface area contributed by atoms with E-state index in [-0.39, 0.29) is 31.4 Å². The molecule has 0 radical (unpaired) electrons. The number of hydrogen-bond donors (Lipinski definition) is 9. The topological polar surface area (TPSA) is 258 Å². The lowest BCUT2D eigenvalue weighted by Gasteiger charge is -2.29. The zero-order valence-corrected chi connectivity index (χ0v) is 30.7. The predicted octanol–water partition coefficient (Wildman–Crippen LogP) is -1.13. The summed E-state index contributed by atoms with van der Waals surface area (Å²) in [7, 11) is 1.38. The first-order chi connectivity index (χ1) is 24.9. The maximum Gasteiger partial charge on any atom is 0.244 e. The van der Waals surface area contributed by atoms with E-state index in [4.69, 9.17) is 22.9 Å². The van der Waals surface area contributed by atoms with Gasteiger partial charge in [0.1, 0.15) is 24.2 Å². The van der Waals surface area contributed by atoms with E-state index in [0.717, 1.165) is 16.0 Å². The first kappa shape index (κ1) is 43.7. The van der Waals surface area contributed by atoms with Gasteiger partial charge in [-0.2, -0.15) is 12.6 Å². The summed E-state index contributed by atoms with van der Waals surface area (Å²) in [4.78, 5) is 79.5. The van der Waals surface area contributed by atoms with Crippen LogP contribution in [-0.2, 0) is 41.6 Å². The van der Waals surface area contributed by atoms with E-state index in [1.165, 1.54) is 7.05 Å². The van der Waals surface area contributed by atoms with E-state index >= 15 is 0 Å². The third-order valence-electron chi connectivity index (χ3n) is 8.49. The molecule has 0 saturated heterocycles. The van der Waals surface area contributed by atoms with E-state index in [0.29, 0.717) is 38.8 Å². The minimum absolute atomic E-state index is 0.103. The van der Waals surface area contributed by atoms with Gasteiger partial charge in [-0.1, -0.05) is 60.7 Å². The number of carbonyl (C=O) groups excluding carboxylic acids is 6. The molecule has 0 aliphatic rings. The van der Waals surface area contributed by atoms with Crippen molar-refractivity contribution in [3.8, 4) is 0 Å². The highest BCUT2D eigenvalue weighted by Gasteiger charge is 2.32. The Kier molecular flexibility index (Phi) is 20.0. The van der Waals surface area contributed by atoms with E-state index in [1.54, 1.807) is 24.3 Å². The number of amides is 6. The Morgan fingerprint density at radius 2 is 1.15 bits per heavy atom. The van der Waals surface area contributed by atoms with Crippen molar-refractivity contribution in [2.24, 2.45) is 22.9 Å². The molecule has 2 aromatic rings. The highest BCUT2D eigenvalue weighted by molar-refractivity contribution is 7.80. The molecule has 0 bridgehead atoms. The smallest absolute Gasteiger partial charge is 0.244 e. The standard InChI is InChI=1S/C36H55N9O6S/c1-45(31(46)22-41-34(49)27(16-8-10-18-37)42-33(48)26(39)20-24-12-4-2-5-13-24)30(23-52)36(51)43-28(17-9-11-19-38)35(50)44-29(32(40)47)21-25-14-6-3-7-15-25/h2-7,12-15,26-30,52H,8-11,16-23,37-39H2,1H3,(H2,40,47)(H,41,49)(H,42,48)(H,43,51)(H,44,50)/t26-,27-,28-,29-,30-/m0/s1. The average Bonchev–Trinajstić information content (AvgIpc) is 3.13. The van der Waals surface area contributed by atoms with E-state index < -0.39 is 72.2 Å². The molecule has 0 saturated carbocycles. The third-order valence-corrected chi connectivity index (χ3v) is 8.83. The lowest BCUT2D eigenvalue weighted by molar-refractivity contribution is -0.140. The second-order valence-corrected chi connectivity index (χ2v) is 12.9. The van der Waals surface area contributed by atoms with Crippen LogP contribution in [0.3, 0.4) is 0 Å². The van der Waals surface area contributed by atoms with Crippen LogP contribution >= 0.6 is 12.6 Å². The molecule has 2 aromatic carbocycles. The number of thiol groups is 1. The Morgan fingerprint density at radius 1 is 0.673 bits per heavy atom. The molecule has 5 atom stereocenters. The van der Waals surface area contributed by atoms with Crippen LogP contribution < -0.4 is 44.2 Å². The first-order valence-electron chi connectivity index (χ1n) is 17.5. The first-order valence-corrected chi connectivity index (χ1v) is 18.1. The summed E-state index contributed by atoms with van der Waals surface area (Å²) < 4.78 is 0. The number of carbonyl (C=O) groups is 6. The van der Waals surface area contributed by atoms with Crippen LogP contribution in [-0.4, -0.2) is 103 Å². The monoisotopic (exact) mass is 741 g/mol. The Bertz CT molecular complexity index is 1440. The van der Waals surface area contributed by atoms with Crippen molar-refractivity contribution in [3.05, 3.63) is 71.8 Å². The van der Waals surface area contributed by atoms with Crippen LogP contribution in [0.4, 0.5) is 0 Å². The largest absolute Gasteiger partial charge is 0.368 e. The minimum Gasteiger partial charge on any atom is -0.368 e. The van der Waals surface area contributed by atoms with Crippen LogP contribution in [0.25, 0.3) is 0 Å². The molecule has 16 heteroatoms. The van der Waals surface area contributed by atoms with Gasteiger partial charge in [0.2, 0.25) is 35.4 Å². The second kappa shape index (κ2) is 23.9. The Balaban J connectivity index is 2.06. The second-order valence-electron chi connectivity index (χ2n) is 12.6. The predicted molar refractivity (Wildman–Crippen MR) is 202 cm³/mol. The highest BCUT2D eigenvalue weighted by Crippen LogP contribution is 2.09. The van der Waals surface area contributed by atoms with Gasteiger partial charge in [0.05, 0.1) is 12.6 Å². The Labute approximate surface area is 311 Å². The fourth-order valence-electron chi connectivity index (χ4n) is 5.34. The molecule has 0 unspecified atom stereocenters. The lowest BCUT2D eigenvalue weighted by Crippen LogP contribution is -2.58. The minimum atomic E-state index is -1.12. The maximum absolute atomic E-state index is 13.5. The number of benzene rings is 2. The van der Waals surface area contributed by atoms with Gasteiger partial charge < -0.3 is 49.1 Å². The van der Waals surface area contributed by atoms with Gasteiger partial charge in [-0.05, 0) is 69.2 Å². The number of hydrogen-bond acceptors (Lipinski definition) is 10. The van der Waals surface area contributed by atoms with Crippen molar-refractivity contribution in [2.45, 2.75) is 81.6 Å². The molecule has 12 N–H and O–H groups in total. The van der Waals surface area contributed by atoms with E-state index in [2.05, 4.69) is 33.9 Å². The molecule has 0 heterocycles. The molecular formula is C36H55N9O6S. The number of unbranched alkanes of at least 4 members (excludes halogenated alkanes) is 2. The number of nitrogens with two attached hydrogens (primary N) is 4. The number of primary amides is 1. The van der Waals surface area contributed by atoms with Gasteiger partial charge >= 0.3 is 0 Å². The summed E-state index contributed by atoms with van der Waals surface area (Å²) in [5, 5.41) is 10.6. The summed E-state index contributed by atoms with van der Waals surface area (Å²) in [5.41, 5.74) is 24.6. The average molecular weight is 742 g/mol. The van der Waals surface area contributed by atoms with Crippen molar-refractivity contribution in [2.75, 3.05) is 32.4 Å². The summed E-state index contributed by atoms with van der Waals surface area (Å²) in [6.45, 7) is 0.300. The van der Waals surface area contributed by atoms with Crippen LogP contribution in [0.1, 0.15) is 49.7 Å². The van der Waals surface area contributed by atoms with Crippen LogP contribution in [0.15, 0.2) is 60.7 Å². The molecule has 0 aliphatic carbocycles. The zero-order valence-electron chi connectivity index (χ0n) is 29.8.